The predicted octanol–water partition coefficient (Wildman–Crippen LogP) is 2.62. The largest absolute Gasteiger partial charge is 0.467 e. The van der Waals surface area contributed by atoms with E-state index in [1.54, 1.807) is 0 Å². The van der Waals surface area contributed by atoms with Gasteiger partial charge in [-0.1, -0.05) is 60.3 Å². The van der Waals surface area contributed by atoms with Crippen LogP contribution in [0.4, 0.5) is 0 Å². The second-order valence-corrected chi connectivity index (χ2v) is 6.78. The summed E-state index contributed by atoms with van der Waals surface area (Å²) in [5, 5.41) is 4.38. The van der Waals surface area contributed by atoms with E-state index in [1.807, 2.05) is 54.6 Å². The van der Waals surface area contributed by atoms with Gasteiger partial charge in [0.1, 0.15) is 17.4 Å². The average molecular weight is 381 g/mol. The maximum absolute atomic E-state index is 12.4. The molecule has 138 valence electrons. The SMILES string of the molecule is COC(=O)[C@@H](Cc1ccccc1)NC(=O)CSc1ncnc2ccccc12. The molecule has 1 heterocycles. The summed E-state index contributed by atoms with van der Waals surface area (Å²) < 4.78 is 4.82. The van der Waals surface area contributed by atoms with E-state index in [9.17, 15) is 9.59 Å². The van der Waals surface area contributed by atoms with Crippen molar-refractivity contribution in [3.8, 4) is 0 Å². The number of hydrogen-bond acceptors (Lipinski definition) is 6. The first-order chi connectivity index (χ1) is 13.2. The van der Waals surface area contributed by atoms with Gasteiger partial charge in [0.25, 0.3) is 0 Å². The molecule has 1 amide bonds. The van der Waals surface area contributed by atoms with Crippen molar-refractivity contribution in [1.82, 2.24) is 15.3 Å². The molecule has 0 unspecified atom stereocenters. The molecule has 1 atom stereocenters. The van der Waals surface area contributed by atoms with E-state index in [1.165, 1.54) is 25.2 Å². The number of nitrogens with one attached hydrogen (secondary N) is 1. The number of fused-ring (bicyclic) bond motifs is 1. The highest BCUT2D eigenvalue weighted by Crippen LogP contribution is 2.23. The van der Waals surface area contributed by atoms with E-state index in [0.717, 1.165) is 21.5 Å². The van der Waals surface area contributed by atoms with E-state index in [4.69, 9.17) is 4.74 Å². The van der Waals surface area contributed by atoms with Crippen LogP contribution >= 0.6 is 11.8 Å². The van der Waals surface area contributed by atoms with Crippen molar-refractivity contribution in [2.45, 2.75) is 17.5 Å². The Morgan fingerprint density at radius 2 is 1.81 bits per heavy atom. The zero-order valence-electron chi connectivity index (χ0n) is 14.8. The molecule has 1 aromatic heterocycles. The molecule has 3 aromatic rings. The molecule has 0 aliphatic rings. The Morgan fingerprint density at radius 3 is 2.59 bits per heavy atom. The van der Waals surface area contributed by atoms with Crippen LogP contribution in [0.1, 0.15) is 5.56 Å². The fourth-order valence-corrected chi connectivity index (χ4v) is 3.45. The molecular formula is C20H19N3O3S. The molecule has 2 aromatic carbocycles. The number of aromatic nitrogens is 2. The topological polar surface area (TPSA) is 81.2 Å². The molecule has 27 heavy (non-hydrogen) atoms. The lowest BCUT2D eigenvalue weighted by molar-refractivity contribution is -0.144. The van der Waals surface area contributed by atoms with Crippen LogP contribution in [0.2, 0.25) is 0 Å². The quantitative estimate of drug-likeness (QED) is 0.385. The third-order valence-electron chi connectivity index (χ3n) is 3.95. The van der Waals surface area contributed by atoms with Crippen LogP contribution in [-0.4, -0.2) is 40.7 Å². The van der Waals surface area contributed by atoms with Gasteiger partial charge >= 0.3 is 5.97 Å². The Balaban J connectivity index is 1.64. The molecule has 3 rings (SSSR count). The molecule has 0 saturated carbocycles. The van der Waals surface area contributed by atoms with Gasteiger partial charge in [-0.05, 0) is 11.6 Å². The zero-order valence-corrected chi connectivity index (χ0v) is 15.6. The van der Waals surface area contributed by atoms with Gasteiger partial charge in [-0.2, -0.15) is 0 Å². The molecule has 0 bridgehead atoms. The number of benzene rings is 2. The number of methoxy groups -OCH3 is 1. The van der Waals surface area contributed by atoms with Gasteiger partial charge in [0.05, 0.1) is 18.4 Å². The minimum atomic E-state index is -0.729. The summed E-state index contributed by atoms with van der Waals surface area (Å²) in [6, 6.07) is 16.4. The molecule has 0 fully saturated rings. The minimum Gasteiger partial charge on any atom is -0.467 e. The Kier molecular flexibility index (Phi) is 6.38. The van der Waals surface area contributed by atoms with Gasteiger partial charge in [-0.15, -0.1) is 0 Å². The summed E-state index contributed by atoms with van der Waals surface area (Å²) in [4.78, 5) is 32.9. The van der Waals surface area contributed by atoms with E-state index in [-0.39, 0.29) is 11.7 Å². The first-order valence-electron chi connectivity index (χ1n) is 8.41. The molecular weight excluding hydrogens is 362 g/mol. The summed E-state index contributed by atoms with van der Waals surface area (Å²) in [7, 11) is 1.31. The molecule has 6 nitrogen and oxygen atoms in total. The van der Waals surface area contributed by atoms with Crippen LogP contribution in [0.25, 0.3) is 10.9 Å². The standard InChI is InChI=1S/C20H19N3O3S/c1-26-20(25)17(11-14-7-3-2-4-8-14)23-18(24)12-27-19-15-9-5-6-10-16(15)21-13-22-19/h2-10,13,17H,11-12H2,1H3,(H,23,24)/t17-/m1/s1. The Morgan fingerprint density at radius 1 is 1.07 bits per heavy atom. The summed E-state index contributed by atoms with van der Waals surface area (Å²) >= 11 is 1.31. The number of ether oxygens (including phenoxy) is 1. The first kappa shape index (κ1) is 18.8. The number of nitrogens with zero attached hydrogens (tertiary/aromatic N) is 2. The molecule has 0 spiro atoms. The molecule has 0 aliphatic carbocycles. The number of rotatable bonds is 7. The minimum absolute atomic E-state index is 0.142. The summed E-state index contributed by atoms with van der Waals surface area (Å²) in [6.07, 6.45) is 1.86. The number of thioether (sulfide) groups is 1. The van der Waals surface area contributed by atoms with E-state index in [2.05, 4.69) is 15.3 Å². The second-order valence-electron chi connectivity index (χ2n) is 5.82. The molecule has 0 aliphatic heterocycles. The van der Waals surface area contributed by atoms with Crippen LogP contribution < -0.4 is 5.32 Å². The maximum atomic E-state index is 12.4. The van der Waals surface area contributed by atoms with Gasteiger partial charge in [-0.3, -0.25) is 4.79 Å². The highest BCUT2D eigenvalue weighted by atomic mass is 32.2. The second kappa shape index (κ2) is 9.14. The summed E-state index contributed by atoms with van der Waals surface area (Å²) in [6.45, 7) is 0. The predicted molar refractivity (Wildman–Crippen MR) is 104 cm³/mol. The Bertz CT molecular complexity index is 929. The lowest BCUT2D eigenvalue weighted by Gasteiger charge is -2.16. The van der Waals surface area contributed by atoms with Crippen molar-refractivity contribution in [1.29, 1.82) is 0 Å². The molecule has 0 radical (unpaired) electrons. The molecule has 7 heteroatoms. The number of esters is 1. The van der Waals surface area contributed by atoms with Crippen LogP contribution in [0, 0.1) is 0 Å². The highest BCUT2D eigenvalue weighted by molar-refractivity contribution is 8.00. The third kappa shape index (κ3) is 5.04. The van der Waals surface area contributed by atoms with Gasteiger partial charge in [0, 0.05) is 11.8 Å². The van der Waals surface area contributed by atoms with Crippen molar-refractivity contribution in [2.24, 2.45) is 0 Å². The number of carbonyl (C=O) groups is 2. The number of para-hydroxylation sites is 1. The van der Waals surface area contributed by atoms with Crippen LogP contribution in [0.15, 0.2) is 66.0 Å². The van der Waals surface area contributed by atoms with Crippen molar-refractivity contribution in [2.75, 3.05) is 12.9 Å². The van der Waals surface area contributed by atoms with Crippen molar-refractivity contribution in [3.05, 3.63) is 66.5 Å². The van der Waals surface area contributed by atoms with E-state index >= 15 is 0 Å². The van der Waals surface area contributed by atoms with E-state index in [0.29, 0.717) is 6.42 Å². The Labute approximate surface area is 161 Å². The lowest BCUT2D eigenvalue weighted by Crippen LogP contribution is -2.43. The highest BCUT2D eigenvalue weighted by Gasteiger charge is 2.22. The van der Waals surface area contributed by atoms with Crippen LogP contribution in [-0.2, 0) is 20.7 Å². The van der Waals surface area contributed by atoms with Crippen molar-refractivity contribution < 1.29 is 14.3 Å². The average Bonchev–Trinajstić information content (AvgIpc) is 2.72. The van der Waals surface area contributed by atoms with E-state index < -0.39 is 12.0 Å². The summed E-state index contributed by atoms with van der Waals surface area (Å²) in [5.74, 6) is -0.581. The van der Waals surface area contributed by atoms with Gasteiger partial charge in [-0.25, -0.2) is 14.8 Å². The normalized spacial score (nSPS) is 11.7. The van der Waals surface area contributed by atoms with Crippen molar-refractivity contribution >= 4 is 34.5 Å². The smallest absolute Gasteiger partial charge is 0.328 e. The Hall–Kier alpha value is -2.93. The molecule has 0 saturated heterocycles. The number of hydrogen-bond donors (Lipinski definition) is 1. The number of amides is 1. The lowest BCUT2D eigenvalue weighted by atomic mass is 10.1. The van der Waals surface area contributed by atoms with Crippen molar-refractivity contribution in [3.63, 3.8) is 0 Å². The van der Waals surface area contributed by atoms with Gasteiger partial charge < -0.3 is 10.1 Å². The fraction of sp³-hybridized carbons (Fsp3) is 0.200. The summed E-state index contributed by atoms with van der Waals surface area (Å²) in [5.41, 5.74) is 1.77. The van der Waals surface area contributed by atoms with Gasteiger partial charge in [0.2, 0.25) is 5.91 Å². The monoisotopic (exact) mass is 381 g/mol. The zero-order chi connectivity index (χ0) is 19.1. The van der Waals surface area contributed by atoms with Crippen LogP contribution in [0.3, 0.4) is 0 Å². The maximum Gasteiger partial charge on any atom is 0.328 e. The van der Waals surface area contributed by atoms with Crippen LogP contribution in [0.5, 0.6) is 0 Å². The third-order valence-corrected chi connectivity index (χ3v) is 4.96. The number of carbonyl (C=O) groups excluding carboxylic acids is 2. The van der Waals surface area contributed by atoms with Gasteiger partial charge in [0.15, 0.2) is 0 Å². The first-order valence-corrected chi connectivity index (χ1v) is 9.39. The molecule has 1 N–H and O–H groups in total. The fourth-order valence-electron chi connectivity index (χ4n) is 2.65.